The molecule has 0 radical (unpaired) electrons. The highest BCUT2D eigenvalue weighted by atomic mass is 35.5. The fourth-order valence-corrected chi connectivity index (χ4v) is 2.93. The van der Waals surface area contributed by atoms with E-state index in [0.717, 1.165) is 11.3 Å². The summed E-state index contributed by atoms with van der Waals surface area (Å²) in [4.78, 5) is 28.0. The molecule has 0 unspecified atom stereocenters. The van der Waals surface area contributed by atoms with Crippen LogP contribution in [0.4, 0.5) is 0 Å². The molecule has 0 atom stereocenters. The van der Waals surface area contributed by atoms with Crippen molar-refractivity contribution in [2.45, 2.75) is 0 Å². The number of hydrogen-bond acceptors (Lipinski definition) is 5. The Kier molecular flexibility index (Phi) is 3.79. The Labute approximate surface area is 133 Å². The van der Waals surface area contributed by atoms with E-state index in [2.05, 4.69) is 4.98 Å². The Morgan fingerprint density at radius 2 is 1.91 bits per heavy atom. The molecule has 1 N–H and O–H groups in total. The van der Waals surface area contributed by atoms with E-state index in [-0.39, 0.29) is 16.2 Å². The van der Waals surface area contributed by atoms with Crippen LogP contribution in [-0.4, -0.2) is 22.0 Å². The summed E-state index contributed by atoms with van der Waals surface area (Å²) in [5, 5.41) is 10.2. The monoisotopic (exact) mass is 333 g/mol. The van der Waals surface area contributed by atoms with Crippen molar-refractivity contribution in [3.05, 3.63) is 58.1 Å². The van der Waals surface area contributed by atoms with Crippen molar-refractivity contribution < 1.29 is 19.4 Å². The summed E-state index contributed by atoms with van der Waals surface area (Å²) >= 11 is 6.73. The molecule has 0 fully saturated rings. The minimum Gasteiger partial charge on any atom is -0.477 e. The summed E-state index contributed by atoms with van der Waals surface area (Å²) in [5.41, 5.74) is 0.281. The molecule has 22 heavy (non-hydrogen) atoms. The summed E-state index contributed by atoms with van der Waals surface area (Å²) in [6.45, 7) is 0. The van der Waals surface area contributed by atoms with Crippen LogP contribution in [-0.2, 0) is 0 Å². The number of hydrogen-bond donors (Lipinski definition) is 1. The Balaban J connectivity index is 2.02. The molecule has 110 valence electrons. The lowest BCUT2D eigenvalue weighted by Gasteiger charge is -2.04. The third kappa shape index (κ3) is 2.66. The van der Waals surface area contributed by atoms with E-state index < -0.39 is 11.9 Å². The van der Waals surface area contributed by atoms with E-state index in [9.17, 15) is 14.7 Å². The van der Waals surface area contributed by atoms with Crippen molar-refractivity contribution in [1.82, 2.24) is 4.98 Å². The molecule has 1 aromatic carbocycles. The fourth-order valence-electron chi connectivity index (χ4n) is 1.89. The molecule has 2 heterocycles. The number of benzene rings is 1. The smallest absolute Gasteiger partial charge is 0.349 e. The molecule has 5 nitrogen and oxygen atoms in total. The van der Waals surface area contributed by atoms with Gasteiger partial charge in [-0.15, -0.1) is 11.3 Å². The molecule has 2 aromatic heterocycles. The predicted molar refractivity (Wildman–Crippen MR) is 83.0 cm³/mol. The van der Waals surface area contributed by atoms with Gasteiger partial charge in [0.1, 0.15) is 4.83 Å². The number of carboxylic acids is 1. The number of carbonyl (C=O) groups excluding carboxylic acids is 1. The van der Waals surface area contributed by atoms with Gasteiger partial charge >= 0.3 is 11.9 Å². The van der Waals surface area contributed by atoms with Gasteiger partial charge in [0.15, 0.2) is 10.6 Å². The van der Waals surface area contributed by atoms with E-state index in [1.54, 1.807) is 30.5 Å². The minimum atomic E-state index is -1.16. The van der Waals surface area contributed by atoms with Gasteiger partial charge in [0.2, 0.25) is 0 Å². The highest BCUT2D eigenvalue weighted by Crippen LogP contribution is 2.37. The van der Waals surface area contributed by atoms with Gasteiger partial charge in [0.05, 0.1) is 10.9 Å². The average molecular weight is 334 g/mol. The van der Waals surface area contributed by atoms with Crippen molar-refractivity contribution in [2.75, 3.05) is 0 Å². The van der Waals surface area contributed by atoms with E-state index in [1.165, 1.54) is 12.1 Å². The first-order chi connectivity index (χ1) is 10.6. The molecule has 0 spiro atoms. The summed E-state index contributed by atoms with van der Waals surface area (Å²) in [6.07, 6.45) is 1.55. The number of aromatic carboxylic acids is 1. The van der Waals surface area contributed by atoms with Crippen LogP contribution in [0, 0.1) is 0 Å². The number of carboxylic acid groups (broad SMARTS) is 1. The quantitative estimate of drug-likeness (QED) is 0.736. The van der Waals surface area contributed by atoms with Gasteiger partial charge in [-0.25, -0.2) is 14.6 Å². The lowest BCUT2D eigenvalue weighted by Crippen LogP contribution is -2.10. The zero-order valence-corrected chi connectivity index (χ0v) is 12.5. The molecule has 0 saturated carbocycles. The maximum atomic E-state index is 12.2. The van der Waals surface area contributed by atoms with Crippen LogP contribution >= 0.6 is 22.9 Å². The minimum absolute atomic E-state index is 0.0144. The molecule has 0 aliphatic carbocycles. The second-order valence-corrected chi connectivity index (χ2v) is 5.75. The largest absolute Gasteiger partial charge is 0.477 e. The van der Waals surface area contributed by atoms with Crippen LogP contribution in [0.15, 0.2) is 42.6 Å². The van der Waals surface area contributed by atoms with Gasteiger partial charge in [-0.05, 0) is 36.4 Å². The second kappa shape index (κ2) is 5.75. The number of halogens is 1. The molecule has 7 heteroatoms. The first-order valence-corrected chi connectivity index (χ1v) is 7.34. The molecule has 0 aliphatic heterocycles. The Morgan fingerprint density at radius 3 is 2.59 bits per heavy atom. The van der Waals surface area contributed by atoms with Crippen LogP contribution in [0.25, 0.3) is 10.2 Å². The normalized spacial score (nSPS) is 10.6. The molecule has 0 amide bonds. The van der Waals surface area contributed by atoms with E-state index in [1.807, 2.05) is 0 Å². The number of pyridine rings is 1. The van der Waals surface area contributed by atoms with Gasteiger partial charge in [-0.2, -0.15) is 0 Å². The number of aromatic nitrogens is 1. The number of thiophene rings is 1. The van der Waals surface area contributed by atoms with Crippen molar-refractivity contribution in [3.63, 3.8) is 0 Å². The summed E-state index contributed by atoms with van der Waals surface area (Å²) in [7, 11) is 0. The summed E-state index contributed by atoms with van der Waals surface area (Å²) in [5.74, 6) is -1.80. The Hall–Kier alpha value is -2.44. The van der Waals surface area contributed by atoms with Crippen molar-refractivity contribution in [3.8, 4) is 5.75 Å². The number of carbonyl (C=O) groups is 2. The van der Waals surface area contributed by atoms with Crippen molar-refractivity contribution in [2.24, 2.45) is 0 Å². The van der Waals surface area contributed by atoms with E-state index in [0.29, 0.717) is 15.2 Å². The van der Waals surface area contributed by atoms with E-state index >= 15 is 0 Å². The third-order valence-corrected chi connectivity index (χ3v) is 4.22. The zero-order valence-electron chi connectivity index (χ0n) is 10.9. The highest BCUT2D eigenvalue weighted by molar-refractivity contribution is 7.20. The van der Waals surface area contributed by atoms with Gasteiger partial charge in [-0.3, -0.25) is 0 Å². The van der Waals surface area contributed by atoms with Crippen LogP contribution in [0.2, 0.25) is 5.02 Å². The Morgan fingerprint density at radius 1 is 1.18 bits per heavy atom. The van der Waals surface area contributed by atoms with Crippen LogP contribution in [0.3, 0.4) is 0 Å². The van der Waals surface area contributed by atoms with Gasteiger partial charge in [-0.1, -0.05) is 11.6 Å². The first-order valence-electron chi connectivity index (χ1n) is 6.15. The van der Waals surface area contributed by atoms with Crippen molar-refractivity contribution >= 4 is 45.1 Å². The fraction of sp³-hybridized carbons (Fsp3) is 0. The number of ether oxygens (including phenoxy) is 1. The highest BCUT2D eigenvalue weighted by Gasteiger charge is 2.22. The van der Waals surface area contributed by atoms with Crippen LogP contribution in [0.5, 0.6) is 5.75 Å². The number of nitrogens with zero attached hydrogens (tertiary/aromatic N) is 1. The van der Waals surface area contributed by atoms with Crippen LogP contribution < -0.4 is 4.74 Å². The number of esters is 1. The maximum absolute atomic E-state index is 12.2. The van der Waals surface area contributed by atoms with E-state index in [4.69, 9.17) is 16.3 Å². The summed E-state index contributed by atoms with van der Waals surface area (Å²) in [6, 6.07) is 9.46. The molecule has 0 saturated heterocycles. The van der Waals surface area contributed by atoms with Crippen LogP contribution in [0.1, 0.15) is 20.0 Å². The molecular formula is C15H8ClNO4S. The van der Waals surface area contributed by atoms with Crippen molar-refractivity contribution in [1.29, 1.82) is 0 Å². The lowest BCUT2D eigenvalue weighted by atomic mass is 10.2. The Bertz CT molecular complexity index is 873. The second-order valence-electron chi connectivity index (χ2n) is 4.32. The maximum Gasteiger partial charge on any atom is 0.349 e. The third-order valence-electron chi connectivity index (χ3n) is 2.89. The molecular weight excluding hydrogens is 326 g/mol. The average Bonchev–Trinajstić information content (AvgIpc) is 2.87. The SMILES string of the molecule is O=C(Oc1c(C(=O)O)sc2ncccc12)c1ccc(Cl)cc1. The van der Waals surface area contributed by atoms with Gasteiger partial charge in [0, 0.05) is 11.2 Å². The van der Waals surface area contributed by atoms with Gasteiger partial charge in [0.25, 0.3) is 0 Å². The molecule has 0 aliphatic rings. The molecule has 0 bridgehead atoms. The lowest BCUT2D eigenvalue weighted by molar-refractivity contribution is 0.0688. The predicted octanol–water partition coefficient (Wildman–Crippen LogP) is 3.87. The van der Waals surface area contributed by atoms with Gasteiger partial charge < -0.3 is 9.84 Å². The first kappa shape index (κ1) is 14.5. The number of fused-ring (bicyclic) bond motifs is 1. The number of rotatable bonds is 3. The topological polar surface area (TPSA) is 76.5 Å². The zero-order chi connectivity index (χ0) is 15.7. The molecule has 3 rings (SSSR count). The standard InChI is InChI=1S/C15H8ClNO4S/c16-9-5-3-8(4-6-9)15(20)21-11-10-2-1-7-17-13(10)22-12(11)14(18)19/h1-7H,(H,18,19). The summed E-state index contributed by atoms with van der Waals surface area (Å²) < 4.78 is 5.29. The molecule has 3 aromatic rings.